The second-order valence-electron chi connectivity index (χ2n) is 5.55. The van der Waals surface area contributed by atoms with Crippen LogP contribution < -0.4 is 5.73 Å². The molecule has 100 valence electrons. The molecule has 2 aromatic rings. The van der Waals surface area contributed by atoms with Crippen LogP contribution in [0.4, 0.5) is 5.69 Å². The van der Waals surface area contributed by atoms with E-state index in [0.717, 1.165) is 26.8 Å². The SMILES string of the molecule is CC1(C)CC1c1noc(-c2cc(Br)cc(Br)c2N)n1. The van der Waals surface area contributed by atoms with Crippen molar-refractivity contribution >= 4 is 37.5 Å². The Morgan fingerprint density at radius 1 is 1.37 bits per heavy atom. The summed E-state index contributed by atoms with van der Waals surface area (Å²) in [4.78, 5) is 4.48. The van der Waals surface area contributed by atoms with Crippen LogP contribution in [-0.4, -0.2) is 10.1 Å². The van der Waals surface area contributed by atoms with Gasteiger partial charge in [0.05, 0.1) is 11.3 Å². The lowest BCUT2D eigenvalue weighted by Gasteiger charge is -2.04. The summed E-state index contributed by atoms with van der Waals surface area (Å²) < 4.78 is 7.07. The molecule has 3 rings (SSSR count). The van der Waals surface area contributed by atoms with Crippen LogP contribution in [0.3, 0.4) is 0 Å². The van der Waals surface area contributed by atoms with Crippen molar-refractivity contribution in [2.75, 3.05) is 5.73 Å². The van der Waals surface area contributed by atoms with Crippen molar-refractivity contribution in [3.8, 4) is 11.5 Å². The van der Waals surface area contributed by atoms with Gasteiger partial charge in [-0.3, -0.25) is 0 Å². The van der Waals surface area contributed by atoms with Gasteiger partial charge in [0.1, 0.15) is 0 Å². The normalized spacial score (nSPS) is 20.5. The second kappa shape index (κ2) is 4.31. The Morgan fingerprint density at radius 2 is 2.05 bits per heavy atom. The van der Waals surface area contributed by atoms with Crippen molar-refractivity contribution in [3.63, 3.8) is 0 Å². The third-order valence-corrected chi connectivity index (χ3v) is 4.71. The number of nitrogens with zero attached hydrogens (tertiary/aromatic N) is 2. The molecule has 1 fully saturated rings. The molecule has 19 heavy (non-hydrogen) atoms. The predicted octanol–water partition coefficient (Wildman–Crippen LogP) is 4.36. The van der Waals surface area contributed by atoms with Gasteiger partial charge in [-0.1, -0.05) is 34.9 Å². The first-order valence-electron chi connectivity index (χ1n) is 5.97. The lowest BCUT2D eigenvalue weighted by molar-refractivity contribution is 0.419. The monoisotopic (exact) mass is 385 g/mol. The molecule has 0 amide bonds. The zero-order valence-corrected chi connectivity index (χ0v) is 13.7. The number of benzene rings is 1. The van der Waals surface area contributed by atoms with Crippen LogP contribution >= 0.6 is 31.9 Å². The van der Waals surface area contributed by atoms with E-state index in [-0.39, 0.29) is 5.41 Å². The fraction of sp³-hybridized carbons (Fsp3) is 0.385. The number of halogens is 2. The molecule has 1 unspecified atom stereocenters. The third kappa shape index (κ3) is 2.31. The minimum Gasteiger partial charge on any atom is -0.397 e. The molecule has 1 aromatic heterocycles. The lowest BCUT2D eigenvalue weighted by Crippen LogP contribution is -1.94. The molecule has 0 radical (unpaired) electrons. The van der Waals surface area contributed by atoms with Gasteiger partial charge in [-0.05, 0) is 39.9 Å². The van der Waals surface area contributed by atoms with E-state index in [1.54, 1.807) is 0 Å². The average Bonchev–Trinajstić information content (AvgIpc) is 2.77. The Hall–Kier alpha value is -0.880. The number of nitrogens with two attached hydrogens (primary N) is 1. The minimum absolute atomic E-state index is 0.282. The Labute approximate surface area is 128 Å². The summed E-state index contributed by atoms with van der Waals surface area (Å²) >= 11 is 6.85. The molecular formula is C13H13Br2N3O. The fourth-order valence-corrected chi connectivity index (χ4v) is 3.38. The number of anilines is 1. The third-order valence-electron chi connectivity index (χ3n) is 3.59. The van der Waals surface area contributed by atoms with Crippen molar-refractivity contribution in [1.29, 1.82) is 0 Å². The largest absolute Gasteiger partial charge is 0.397 e. The van der Waals surface area contributed by atoms with Crippen molar-refractivity contribution < 1.29 is 4.52 Å². The Bertz CT molecular complexity index is 651. The zero-order chi connectivity index (χ0) is 13.8. The van der Waals surface area contributed by atoms with Gasteiger partial charge in [0.15, 0.2) is 5.82 Å². The molecule has 1 heterocycles. The topological polar surface area (TPSA) is 64.9 Å². The summed E-state index contributed by atoms with van der Waals surface area (Å²) in [6, 6.07) is 3.77. The smallest absolute Gasteiger partial charge is 0.260 e. The van der Waals surface area contributed by atoms with Gasteiger partial charge in [0.25, 0.3) is 5.89 Å². The van der Waals surface area contributed by atoms with E-state index in [4.69, 9.17) is 10.3 Å². The maximum absolute atomic E-state index is 6.04. The minimum atomic E-state index is 0.282. The van der Waals surface area contributed by atoms with Crippen molar-refractivity contribution in [2.45, 2.75) is 26.2 Å². The van der Waals surface area contributed by atoms with Crippen LogP contribution in [0.15, 0.2) is 25.6 Å². The molecule has 0 spiro atoms. The molecule has 0 aliphatic heterocycles. The molecule has 1 aromatic carbocycles. The van der Waals surface area contributed by atoms with E-state index in [1.807, 2.05) is 12.1 Å². The summed E-state index contributed by atoms with van der Waals surface area (Å²) in [5.74, 6) is 1.63. The van der Waals surface area contributed by atoms with Crippen LogP contribution in [-0.2, 0) is 0 Å². The number of rotatable bonds is 2. The first kappa shape index (κ1) is 13.1. The molecule has 0 bridgehead atoms. The number of aromatic nitrogens is 2. The number of hydrogen-bond acceptors (Lipinski definition) is 4. The summed E-state index contributed by atoms with van der Waals surface area (Å²) in [7, 11) is 0. The molecule has 0 saturated heterocycles. The van der Waals surface area contributed by atoms with Crippen LogP contribution in [0.25, 0.3) is 11.5 Å². The van der Waals surface area contributed by atoms with Gasteiger partial charge in [-0.2, -0.15) is 4.98 Å². The van der Waals surface area contributed by atoms with E-state index in [2.05, 4.69) is 55.8 Å². The van der Waals surface area contributed by atoms with E-state index in [1.165, 1.54) is 0 Å². The Balaban J connectivity index is 2.00. The highest BCUT2D eigenvalue weighted by Crippen LogP contribution is 2.57. The molecular weight excluding hydrogens is 374 g/mol. The van der Waals surface area contributed by atoms with E-state index < -0.39 is 0 Å². The molecule has 1 aliphatic rings. The first-order chi connectivity index (χ1) is 8.88. The lowest BCUT2D eigenvalue weighted by atomic mass is 10.1. The molecule has 6 heteroatoms. The summed E-state index contributed by atoms with van der Waals surface area (Å²) in [5, 5.41) is 4.08. The summed E-state index contributed by atoms with van der Waals surface area (Å²) in [6.07, 6.45) is 1.10. The summed E-state index contributed by atoms with van der Waals surface area (Å²) in [6.45, 7) is 4.41. The van der Waals surface area contributed by atoms with Gasteiger partial charge in [-0.15, -0.1) is 0 Å². The molecule has 1 aliphatic carbocycles. The highest BCUT2D eigenvalue weighted by molar-refractivity contribution is 9.11. The van der Waals surface area contributed by atoms with Crippen LogP contribution in [0.2, 0.25) is 0 Å². The standard InChI is InChI=1S/C13H13Br2N3O/c1-13(2)5-8(13)11-17-12(19-18-11)7-3-6(14)4-9(15)10(7)16/h3-4,8H,5,16H2,1-2H3. The van der Waals surface area contributed by atoms with Gasteiger partial charge in [0.2, 0.25) is 0 Å². The van der Waals surface area contributed by atoms with Crippen LogP contribution in [0.5, 0.6) is 0 Å². The van der Waals surface area contributed by atoms with E-state index in [9.17, 15) is 0 Å². The van der Waals surface area contributed by atoms with E-state index >= 15 is 0 Å². The number of hydrogen-bond donors (Lipinski definition) is 1. The Morgan fingerprint density at radius 3 is 2.68 bits per heavy atom. The predicted molar refractivity (Wildman–Crippen MR) is 80.7 cm³/mol. The maximum atomic E-state index is 6.04. The maximum Gasteiger partial charge on any atom is 0.260 e. The summed E-state index contributed by atoms with van der Waals surface area (Å²) in [5.41, 5.74) is 7.68. The van der Waals surface area contributed by atoms with Gasteiger partial charge in [-0.25, -0.2) is 0 Å². The average molecular weight is 387 g/mol. The highest BCUT2D eigenvalue weighted by atomic mass is 79.9. The first-order valence-corrected chi connectivity index (χ1v) is 7.55. The fourth-order valence-electron chi connectivity index (χ4n) is 2.16. The van der Waals surface area contributed by atoms with Gasteiger partial charge in [0, 0.05) is 14.9 Å². The van der Waals surface area contributed by atoms with Crippen LogP contribution in [0, 0.1) is 5.41 Å². The van der Waals surface area contributed by atoms with E-state index in [0.29, 0.717) is 17.5 Å². The quantitative estimate of drug-likeness (QED) is 0.778. The van der Waals surface area contributed by atoms with Gasteiger partial charge >= 0.3 is 0 Å². The molecule has 1 saturated carbocycles. The van der Waals surface area contributed by atoms with Crippen molar-refractivity contribution in [1.82, 2.24) is 10.1 Å². The zero-order valence-electron chi connectivity index (χ0n) is 10.6. The number of nitrogen functional groups attached to an aromatic ring is 1. The molecule has 2 N–H and O–H groups in total. The van der Waals surface area contributed by atoms with Crippen molar-refractivity contribution in [2.24, 2.45) is 5.41 Å². The molecule has 4 nitrogen and oxygen atoms in total. The Kier molecular flexibility index (Phi) is 2.98. The highest BCUT2D eigenvalue weighted by Gasteiger charge is 2.49. The molecule has 1 atom stereocenters. The van der Waals surface area contributed by atoms with Crippen molar-refractivity contribution in [3.05, 3.63) is 26.9 Å². The van der Waals surface area contributed by atoms with Crippen LogP contribution in [0.1, 0.15) is 32.0 Å². The second-order valence-corrected chi connectivity index (χ2v) is 7.32. The van der Waals surface area contributed by atoms with Gasteiger partial charge < -0.3 is 10.3 Å².